The van der Waals surface area contributed by atoms with E-state index in [1.165, 1.54) is 11.3 Å². The summed E-state index contributed by atoms with van der Waals surface area (Å²) >= 11 is 9.01. The van der Waals surface area contributed by atoms with Crippen molar-refractivity contribution in [1.29, 1.82) is 0 Å². The van der Waals surface area contributed by atoms with E-state index in [0.717, 1.165) is 10.6 Å². The molecule has 0 aliphatic heterocycles. The predicted octanol–water partition coefficient (Wildman–Crippen LogP) is 4.78. The van der Waals surface area contributed by atoms with E-state index < -0.39 is 0 Å². The first-order chi connectivity index (χ1) is 9.74. The lowest BCUT2D eigenvalue weighted by Crippen LogP contribution is -2.12. The molecule has 0 radical (unpaired) electrons. The highest BCUT2D eigenvalue weighted by molar-refractivity contribution is 7.16. The molecule has 0 saturated heterocycles. The van der Waals surface area contributed by atoms with Gasteiger partial charge < -0.3 is 0 Å². The molecule has 0 atom stereocenters. The molecule has 2 heterocycles. The molecule has 20 heavy (non-hydrogen) atoms. The Kier molecular flexibility index (Phi) is 3.82. The maximum Gasteiger partial charge on any atom is 0.258 e. The fourth-order valence-electron chi connectivity index (χ4n) is 1.68. The van der Waals surface area contributed by atoms with Gasteiger partial charge in [0.2, 0.25) is 0 Å². The average Bonchev–Trinajstić information content (AvgIpc) is 3.09. The maximum absolute atomic E-state index is 12.1. The zero-order valence-electron chi connectivity index (χ0n) is 10.2. The predicted molar refractivity (Wildman–Crippen MR) is 84.8 cm³/mol. The van der Waals surface area contributed by atoms with E-state index in [0.29, 0.717) is 15.7 Å². The van der Waals surface area contributed by atoms with Gasteiger partial charge in [0.05, 0.1) is 21.2 Å². The molecule has 0 saturated carbocycles. The molecule has 1 N–H and O–H groups in total. The first kappa shape index (κ1) is 13.3. The normalized spacial score (nSPS) is 10.4. The van der Waals surface area contributed by atoms with Crippen LogP contribution in [0.15, 0.2) is 47.2 Å². The van der Waals surface area contributed by atoms with Crippen LogP contribution in [0, 0.1) is 0 Å². The van der Waals surface area contributed by atoms with Crippen molar-refractivity contribution in [2.45, 2.75) is 0 Å². The number of thiazole rings is 1. The van der Waals surface area contributed by atoms with Crippen molar-refractivity contribution in [1.82, 2.24) is 4.98 Å². The maximum atomic E-state index is 12.1. The van der Waals surface area contributed by atoms with Crippen LogP contribution in [-0.4, -0.2) is 10.9 Å². The Morgan fingerprint density at radius 1 is 1.15 bits per heavy atom. The lowest BCUT2D eigenvalue weighted by Gasteiger charge is -2.03. The minimum Gasteiger partial charge on any atom is -0.298 e. The van der Waals surface area contributed by atoms with E-state index >= 15 is 0 Å². The van der Waals surface area contributed by atoms with Crippen molar-refractivity contribution >= 4 is 45.3 Å². The highest BCUT2D eigenvalue weighted by Crippen LogP contribution is 2.28. The first-order valence-corrected chi connectivity index (χ1v) is 7.93. The fraction of sp³-hybridized carbons (Fsp3) is 0. The topological polar surface area (TPSA) is 42.0 Å². The van der Waals surface area contributed by atoms with Crippen LogP contribution < -0.4 is 5.32 Å². The summed E-state index contributed by atoms with van der Waals surface area (Å²) in [5.41, 5.74) is 1.32. The monoisotopic (exact) mass is 320 g/mol. The van der Waals surface area contributed by atoms with E-state index in [4.69, 9.17) is 11.6 Å². The van der Waals surface area contributed by atoms with E-state index in [1.54, 1.807) is 35.6 Å². The fourth-order valence-corrected chi connectivity index (χ4v) is 3.37. The number of anilines is 1. The SMILES string of the molecule is O=C(Nc1nc(-c2cccs2)cs1)c1ccccc1Cl. The Morgan fingerprint density at radius 3 is 2.75 bits per heavy atom. The summed E-state index contributed by atoms with van der Waals surface area (Å²) in [7, 11) is 0. The van der Waals surface area contributed by atoms with Crippen LogP contribution in [0.1, 0.15) is 10.4 Å². The van der Waals surface area contributed by atoms with Crippen LogP contribution >= 0.6 is 34.3 Å². The van der Waals surface area contributed by atoms with E-state index in [9.17, 15) is 4.79 Å². The Balaban J connectivity index is 1.79. The molecular weight excluding hydrogens is 312 g/mol. The van der Waals surface area contributed by atoms with Crippen LogP contribution in [0.4, 0.5) is 5.13 Å². The van der Waals surface area contributed by atoms with Crippen molar-refractivity contribution in [3.05, 3.63) is 57.7 Å². The van der Waals surface area contributed by atoms with Crippen LogP contribution in [0.25, 0.3) is 10.6 Å². The zero-order chi connectivity index (χ0) is 13.9. The third-order valence-electron chi connectivity index (χ3n) is 2.62. The average molecular weight is 321 g/mol. The standard InChI is InChI=1S/C14H9ClN2OS2/c15-10-5-2-1-4-9(10)13(18)17-14-16-11(8-20-14)12-6-3-7-19-12/h1-8H,(H,16,17,18). The molecule has 3 aromatic rings. The van der Waals surface area contributed by atoms with Crippen LogP contribution in [-0.2, 0) is 0 Å². The molecule has 1 aromatic carbocycles. The number of aromatic nitrogens is 1. The molecular formula is C14H9ClN2OS2. The second-order valence-corrected chi connectivity index (χ2v) is 6.16. The Labute approximate surface area is 128 Å². The van der Waals surface area contributed by atoms with E-state index in [1.807, 2.05) is 22.9 Å². The van der Waals surface area contributed by atoms with Crippen molar-refractivity contribution < 1.29 is 4.79 Å². The number of halogens is 1. The quantitative estimate of drug-likeness (QED) is 0.754. The van der Waals surface area contributed by atoms with Crippen LogP contribution in [0.3, 0.4) is 0 Å². The number of hydrogen-bond acceptors (Lipinski definition) is 4. The molecule has 3 nitrogen and oxygen atoms in total. The number of thiophene rings is 1. The van der Waals surface area contributed by atoms with Gasteiger partial charge in [-0.1, -0.05) is 29.8 Å². The minimum absolute atomic E-state index is 0.248. The number of rotatable bonds is 3. The van der Waals surface area contributed by atoms with Gasteiger partial charge in [0.1, 0.15) is 0 Å². The highest BCUT2D eigenvalue weighted by atomic mass is 35.5. The molecule has 0 bridgehead atoms. The summed E-state index contributed by atoms with van der Waals surface area (Å²) in [5.74, 6) is -0.248. The molecule has 100 valence electrons. The largest absolute Gasteiger partial charge is 0.298 e. The minimum atomic E-state index is -0.248. The van der Waals surface area contributed by atoms with Gasteiger partial charge in [-0.3, -0.25) is 10.1 Å². The van der Waals surface area contributed by atoms with Gasteiger partial charge in [0, 0.05) is 5.38 Å². The van der Waals surface area contributed by atoms with Gasteiger partial charge in [-0.05, 0) is 23.6 Å². The van der Waals surface area contributed by atoms with Crippen LogP contribution in [0.2, 0.25) is 5.02 Å². The molecule has 2 aromatic heterocycles. The third kappa shape index (κ3) is 2.75. The molecule has 0 unspecified atom stereocenters. The van der Waals surface area contributed by atoms with Gasteiger partial charge in [0.25, 0.3) is 5.91 Å². The molecule has 0 fully saturated rings. The van der Waals surface area contributed by atoms with Gasteiger partial charge in [0.15, 0.2) is 5.13 Å². The van der Waals surface area contributed by atoms with Crippen LogP contribution in [0.5, 0.6) is 0 Å². The number of amides is 1. The van der Waals surface area contributed by atoms with Crippen molar-refractivity contribution in [2.24, 2.45) is 0 Å². The van der Waals surface area contributed by atoms with E-state index in [2.05, 4.69) is 10.3 Å². The lowest BCUT2D eigenvalue weighted by atomic mass is 10.2. The molecule has 0 aliphatic rings. The highest BCUT2D eigenvalue weighted by Gasteiger charge is 2.12. The molecule has 1 amide bonds. The Hall–Kier alpha value is -1.69. The van der Waals surface area contributed by atoms with Gasteiger partial charge in [-0.15, -0.1) is 22.7 Å². The molecule has 6 heteroatoms. The summed E-state index contributed by atoms with van der Waals surface area (Å²) in [5, 5.41) is 7.69. The summed E-state index contributed by atoms with van der Waals surface area (Å²) in [6, 6.07) is 10.9. The number of hydrogen-bond donors (Lipinski definition) is 1. The molecule has 3 rings (SSSR count). The molecule has 0 spiro atoms. The number of carbonyl (C=O) groups excluding carboxylic acids is 1. The second kappa shape index (κ2) is 5.75. The molecule has 0 aliphatic carbocycles. The van der Waals surface area contributed by atoms with Gasteiger partial charge in [-0.25, -0.2) is 4.98 Å². The summed E-state index contributed by atoms with van der Waals surface area (Å²) < 4.78 is 0. The van der Waals surface area contributed by atoms with Crippen molar-refractivity contribution in [3.63, 3.8) is 0 Å². The van der Waals surface area contributed by atoms with Gasteiger partial charge in [-0.2, -0.15) is 0 Å². The smallest absolute Gasteiger partial charge is 0.258 e. The van der Waals surface area contributed by atoms with E-state index in [-0.39, 0.29) is 5.91 Å². The lowest BCUT2D eigenvalue weighted by molar-refractivity contribution is 0.102. The Bertz CT molecular complexity index is 737. The first-order valence-electron chi connectivity index (χ1n) is 5.79. The third-order valence-corrected chi connectivity index (χ3v) is 4.60. The summed E-state index contributed by atoms with van der Waals surface area (Å²) in [6.07, 6.45) is 0. The summed E-state index contributed by atoms with van der Waals surface area (Å²) in [4.78, 5) is 17.6. The zero-order valence-corrected chi connectivity index (χ0v) is 12.6. The van der Waals surface area contributed by atoms with Crippen molar-refractivity contribution in [2.75, 3.05) is 5.32 Å². The second-order valence-electron chi connectivity index (χ2n) is 3.95. The summed E-state index contributed by atoms with van der Waals surface area (Å²) in [6.45, 7) is 0. The van der Waals surface area contributed by atoms with Crippen molar-refractivity contribution in [3.8, 4) is 10.6 Å². The number of nitrogens with one attached hydrogen (secondary N) is 1. The Morgan fingerprint density at radius 2 is 2.00 bits per heavy atom. The number of benzene rings is 1. The van der Waals surface area contributed by atoms with Gasteiger partial charge >= 0.3 is 0 Å². The number of nitrogens with zero attached hydrogens (tertiary/aromatic N) is 1. The number of carbonyl (C=O) groups is 1.